The largest absolute Gasteiger partial charge is 0.383 e. The van der Waals surface area contributed by atoms with Crippen molar-refractivity contribution in [2.75, 3.05) is 20.3 Å². The van der Waals surface area contributed by atoms with Gasteiger partial charge in [-0.3, -0.25) is 0 Å². The second-order valence-corrected chi connectivity index (χ2v) is 5.33. The number of nitrogens with zero attached hydrogens (tertiary/aromatic N) is 2. The highest BCUT2D eigenvalue weighted by Crippen LogP contribution is 2.27. The Balaban J connectivity index is 2.44. The van der Waals surface area contributed by atoms with Gasteiger partial charge in [-0.2, -0.15) is 0 Å². The number of hydrogen-bond donors (Lipinski definition) is 1. The van der Waals surface area contributed by atoms with E-state index in [1.165, 1.54) is 17.2 Å². The van der Waals surface area contributed by atoms with Crippen LogP contribution in [-0.2, 0) is 17.7 Å². The Labute approximate surface area is 110 Å². The molecule has 2 rings (SSSR count). The molecule has 1 aliphatic heterocycles. The molecule has 1 N–H and O–H groups in total. The van der Waals surface area contributed by atoms with E-state index in [2.05, 4.69) is 30.7 Å². The number of ether oxygens (including phenoxy) is 1. The molecule has 1 aromatic rings. The summed E-state index contributed by atoms with van der Waals surface area (Å²) in [5.74, 6) is 1.68. The van der Waals surface area contributed by atoms with E-state index in [9.17, 15) is 0 Å². The molecule has 0 spiro atoms. The summed E-state index contributed by atoms with van der Waals surface area (Å²) in [5.41, 5.74) is 2.65. The Kier molecular flexibility index (Phi) is 4.40. The fourth-order valence-corrected chi connectivity index (χ4v) is 2.74. The Morgan fingerprint density at radius 3 is 2.83 bits per heavy atom. The van der Waals surface area contributed by atoms with Crippen molar-refractivity contribution in [3.05, 3.63) is 17.2 Å². The van der Waals surface area contributed by atoms with E-state index in [-0.39, 0.29) is 0 Å². The lowest BCUT2D eigenvalue weighted by atomic mass is 10.1. The third-order valence-corrected chi connectivity index (χ3v) is 3.66. The molecule has 0 fully saturated rings. The first-order valence-corrected chi connectivity index (χ1v) is 6.98. The van der Waals surface area contributed by atoms with Crippen LogP contribution in [0.25, 0.3) is 0 Å². The van der Waals surface area contributed by atoms with E-state index >= 15 is 0 Å². The van der Waals surface area contributed by atoms with E-state index in [0.717, 1.165) is 32.5 Å². The third kappa shape index (κ3) is 2.45. The lowest BCUT2D eigenvalue weighted by molar-refractivity contribution is 0.149. The first kappa shape index (κ1) is 13.6. The molecule has 4 heteroatoms. The molecule has 1 unspecified atom stereocenters. The summed E-state index contributed by atoms with van der Waals surface area (Å²) in [5, 5.41) is 3.40. The van der Waals surface area contributed by atoms with Crippen LogP contribution in [0, 0.1) is 0 Å². The van der Waals surface area contributed by atoms with Crippen molar-refractivity contribution in [1.29, 1.82) is 0 Å². The average molecular weight is 251 g/mol. The molecule has 18 heavy (non-hydrogen) atoms. The predicted molar refractivity (Wildman–Crippen MR) is 72.9 cm³/mol. The fourth-order valence-electron chi connectivity index (χ4n) is 2.74. The summed E-state index contributed by atoms with van der Waals surface area (Å²) in [7, 11) is 1.78. The maximum absolute atomic E-state index is 5.38. The molecule has 0 aromatic carbocycles. The number of methoxy groups -OCH3 is 1. The van der Waals surface area contributed by atoms with Crippen molar-refractivity contribution in [1.82, 2.24) is 14.9 Å². The van der Waals surface area contributed by atoms with Gasteiger partial charge in [0.15, 0.2) is 0 Å². The molecule has 2 heterocycles. The number of fused-ring (bicyclic) bond motifs is 1. The topological polar surface area (TPSA) is 39.1 Å². The molecule has 0 saturated carbocycles. The van der Waals surface area contributed by atoms with Crippen molar-refractivity contribution in [3.63, 3.8) is 0 Å². The highest BCUT2D eigenvalue weighted by molar-refractivity contribution is 5.22. The van der Waals surface area contributed by atoms with E-state index in [4.69, 9.17) is 9.72 Å². The van der Waals surface area contributed by atoms with Crippen molar-refractivity contribution >= 4 is 0 Å². The normalized spacial score (nSPS) is 16.9. The van der Waals surface area contributed by atoms with Gasteiger partial charge in [0.25, 0.3) is 0 Å². The first-order valence-electron chi connectivity index (χ1n) is 6.98. The number of rotatable bonds is 5. The quantitative estimate of drug-likeness (QED) is 0.872. The maximum atomic E-state index is 5.38. The first-order chi connectivity index (χ1) is 8.69. The van der Waals surface area contributed by atoms with Crippen LogP contribution in [0.1, 0.15) is 56.4 Å². The van der Waals surface area contributed by atoms with Crippen LogP contribution in [-0.4, -0.2) is 29.8 Å². The van der Waals surface area contributed by atoms with Crippen LogP contribution in [0.5, 0.6) is 0 Å². The number of hydrogen-bond acceptors (Lipinski definition) is 3. The van der Waals surface area contributed by atoms with Gasteiger partial charge in [0.1, 0.15) is 5.82 Å². The van der Waals surface area contributed by atoms with Gasteiger partial charge in [-0.1, -0.05) is 20.8 Å². The van der Waals surface area contributed by atoms with Gasteiger partial charge >= 0.3 is 0 Å². The molecule has 0 aliphatic carbocycles. The van der Waals surface area contributed by atoms with Crippen molar-refractivity contribution in [2.45, 2.75) is 52.1 Å². The third-order valence-electron chi connectivity index (χ3n) is 3.66. The minimum atomic E-state index is 0.418. The zero-order valence-electron chi connectivity index (χ0n) is 12.0. The zero-order valence-corrected chi connectivity index (χ0v) is 12.0. The second kappa shape index (κ2) is 5.85. The summed E-state index contributed by atoms with van der Waals surface area (Å²) >= 11 is 0. The molecule has 102 valence electrons. The standard InChI is InChI=1S/C14H25N3O/c1-5-11(9-18-4)17-13-6-7-15-8-12(13)16-14(17)10(2)3/h10-11,15H,5-9H2,1-4H3. The summed E-state index contributed by atoms with van der Waals surface area (Å²) in [6.07, 6.45) is 2.17. The Hall–Kier alpha value is -0.870. The predicted octanol–water partition coefficient (Wildman–Crippen LogP) is 2.25. The van der Waals surface area contributed by atoms with Gasteiger partial charge in [0.2, 0.25) is 0 Å². The molecule has 1 atom stereocenters. The molecule has 0 radical (unpaired) electrons. The van der Waals surface area contributed by atoms with Crippen LogP contribution in [0.2, 0.25) is 0 Å². The fraction of sp³-hybridized carbons (Fsp3) is 0.786. The average Bonchev–Trinajstić information content (AvgIpc) is 2.75. The Bertz CT molecular complexity index is 398. The van der Waals surface area contributed by atoms with E-state index < -0.39 is 0 Å². The van der Waals surface area contributed by atoms with Crippen LogP contribution in [0.4, 0.5) is 0 Å². The van der Waals surface area contributed by atoms with Gasteiger partial charge in [-0.15, -0.1) is 0 Å². The van der Waals surface area contributed by atoms with Crippen molar-refractivity contribution < 1.29 is 4.74 Å². The van der Waals surface area contributed by atoms with E-state index in [1.807, 2.05) is 0 Å². The molecular weight excluding hydrogens is 226 g/mol. The number of nitrogens with one attached hydrogen (secondary N) is 1. The highest BCUT2D eigenvalue weighted by atomic mass is 16.5. The minimum absolute atomic E-state index is 0.418. The molecule has 0 amide bonds. The Morgan fingerprint density at radius 2 is 2.22 bits per heavy atom. The lowest BCUT2D eigenvalue weighted by Gasteiger charge is -2.24. The summed E-state index contributed by atoms with van der Waals surface area (Å²) in [4.78, 5) is 4.85. The molecule has 0 saturated heterocycles. The van der Waals surface area contributed by atoms with E-state index in [1.54, 1.807) is 7.11 Å². The molecule has 4 nitrogen and oxygen atoms in total. The maximum Gasteiger partial charge on any atom is 0.112 e. The van der Waals surface area contributed by atoms with Crippen molar-refractivity contribution in [2.24, 2.45) is 0 Å². The van der Waals surface area contributed by atoms with Crippen LogP contribution in [0.15, 0.2) is 0 Å². The summed E-state index contributed by atoms with van der Waals surface area (Å²) in [6.45, 7) is 9.40. The van der Waals surface area contributed by atoms with Crippen LogP contribution >= 0.6 is 0 Å². The molecule has 0 bridgehead atoms. The SMILES string of the molecule is CCC(COC)n1c(C(C)C)nc2c1CCNC2. The van der Waals surface area contributed by atoms with Gasteiger partial charge < -0.3 is 14.6 Å². The van der Waals surface area contributed by atoms with Crippen molar-refractivity contribution in [3.8, 4) is 0 Å². The van der Waals surface area contributed by atoms with Gasteiger partial charge in [0.05, 0.1) is 18.3 Å². The second-order valence-electron chi connectivity index (χ2n) is 5.33. The monoisotopic (exact) mass is 251 g/mol. The molecular formula is C14H25N3O. The smallest absolute Gasteiger partial charge is 0.112 e. The zero-order chi connectivity index (χ0) is 13.1. The van der Waals surface area contributed by atoms with Gasteiger partial charge in [0, 0.05) is 38.2 Å². The Morgan fingerprint density at radius 1 is 1.44 bits per heavy atom. The molecule has 1 aromatic heterocycles. The summed E-state index contributed by atoms with van der Waals surface area (Å²) in [6, 6.07) is 0.418. The lowest BCUT2D eigenvalue weighted by Crippen LogP contribution is -2.27. The van der Waals surface area contributed by atoms with Gasteiger partial charge in [-0.25, -0.2) is 4.98 Å². The van der Waals surface area contributed by atoms with Gasteiger partial charge in [-0.05, 0) is 6.42 Å². The molecule has 1 aliphatic rings. The highest BCUT2D eigenvalue weighted by Gasteiger charge is 2.25. The number of imidazole rings is 1. The van der Waals surface area contributed by atoms with Crippen LogP contribution in [0.3, 0.4) is 0 Å². The minimum Gasteiger partial charge on any atom is -0.383 e. The number of aromatic nitrogens is 2. The van der Waals surface area contributed by atoms with E-state index in [0.29, 0.717) is 12.0 Å². The van der Waals surface area contributed by atoms with Crippen LogP contribution < -0.4 is 5.32 Å². The summed E-state index contributed by atoms with van der Waals surface area (Å²) < 4.78 is 7.83.